The second-order valence-electron chi connectivity index (χ2n) is 5.60. The van der Waals surface area contributed by atoms with Crippen LogP contribution in [0.3, 0.4) is 0 Å². The minimum Gasteiger partial charge on any atom is -0.316 e. The Kier molecular flexibility index (Phi) is 4.60. The van der Waals surface area contributed by atoms with Gasteiger partial charge in [0.05, 0.1) is 6.20 Å². The van der Waals surface area contributed by atoms with Gasteiger partial charge in [0.15, 0.2) is 0 Å². The monoisotopic (exact) mass is 235 g/mol. The Morgan fingerprint density at radius 2 is 2.12 bits per heavy atom. The van der Waals surface area contributed by atoms with E-state index in [0.717, 1.165) is 24.8 Å². The Morgan fingerprint density at radius 1 is 1.35 bits per heavy atom. The van der Waals surface area contributed by atoms with E-state index in [1.807, 2.05) is 17.9 Å². The molecule has 1 aliphatic carbocycles. The van der Waals surface area contributed by atoms with E-state index in [1.165, 1.54) is 37.8 Å². The first kappa shape index (κ1) is 12.6. The quantitative estimate of drug-likeness (QED) is 0.794. The molecule has 0 radical (unpaired) electrons. The maximum absolute atomic E-state index is 4.18. The smallest absolute Gasteiger partial charge is 0.0522 e. The molecule has 0 amide bonds. The van der Waals surface area contributed by atoms with Crippen molar-refractivity contribution in [3.8, 4) is 0 Å². The van der Waals surface area contributed by atoms with Crippen LogP contribution in [-0.4, -0.2) is 22.9 Å². The molecule has 0 aromatic carbocycles. The number of aryl methyl sites for hydroxylation is 1. The number of aromatic nitrogens is 2. The predicted octanol–water partition coefficient (Wildman–Crippen LogP) is 2.38. The highest BCUT2D eigenvalue weighted by Gasteiger charge is 2.17. The van der Waals surface area contributed by atoms with Crippen molar-refractivity contribution >= 4 is 0 Å². The lowest BCUT2D eigenvalue weighted by molar-refractivity contribution is 0.282. The number of hydrogen-bond donors (Lipinski definition) is 1. The standard InChI is InChI=1S/C14H25N3/c1-12-3-5-13(6-4-12)9-15-8-7-14-10-16-17(2)11-14/h10-13,15H,3-9H2,1-2H3. The average molecular weight is 235 g/mol. The summed E-state index contributed by atoms with van der Waals surface area (Å²) in [7, 11) is 1.97. The number of hydrogen-bond acceptors (Lipinski definition) is 2. The van der Waals surface area contributed by atoms with Crippen LogP contribution >= 0.6 is 0 Å². The first-order valence-electron chi connectivity index (χ1n) is 6.92. The van der Waals surface area contributed by atoms with Crippen molar-refractivity contribution in [3.05, 3.63) is 18.0 Å². The molecule has 96 valence electrons. The van der Waals surface area contributed by atoms with Gasteiger partial charge >= 0.3 is 0 Å². The van der Waals surface area contributed by atoms with Gasteiger partial charge in [-0.15, -0.1) is 0 Å². The normalized spacial score (nSPS) is 25.1. The second kappa shape index (κ2) is 6.20. The fraction of sp³-hybridized carbons (Fsp3) is 0.786. The fourth-order valence-electron chi connectivity index (χ4n) is 2.67. The summed E-state index contributed by atoms with van der Waals surface area (Å²) in [6, 6.07) is 0. The number of nitrogens with zero attached hydrogens (tertiary/aromatic N) is 2. The molecule has 17 heavy (non-hydrogen) atoms. The summed E-state index contributed by atoms with van der Waals surface area (Å²) >= 11 is 0. The molecule has 3 nitrogen and oxygen atoms in total. The molecule has 1 heterocycles. The zero-order valence-electron chi connectivity index (χ0n) is 11.2. The van der Waals surface area contributed by atoms with E-state index < -0.39 is 0 Å². The van der Waals surface area contributed by atoms with E-state index in [0.29, 0.717) is 0 Å². The molecule has 1 N–H and O–H groups in total. The predicted molar refractivity (Wildman–Crippen MR) is 70.9 cm³/mol. The summed E-state index contributed by atoms with van der Waals surface area (Å²) in [5.41, 5.74) is 1.33. The van der Waals surface area contributed by atoms with Crippen molar-refractivity contribution < 1.29 is 0 Å². The average Bonchev–Trinajstić information content (AvgIpc) is 2.73. The van der Waals surface area contributed by atoms with E-state index in [4.69, 9.17) is 0 Å². The molecule has 1 aromatic heterocycles. The first-order chi connectivity index (χ1) is 8.24. The van der Waals surface area contributed by atoms with Gasteiger partial charge in [-0.3, -0.25) is 4.68 Å². The van der Waals surface area contributed by atoms with Crippen LogP contribution in [-0.2, 0) is 13.5 Å². The van der Waals surface area contributed by atoms with Gasteiger partial charge in [-0.05, 0) is 49.8 Å². The Balaban J connectivity index is 1.57. The summed E-state index contributed by atoms with van der Waals surface area (Å²) in [6.45, 7) is 4.66. The van der Waals surface area contributed by atoms with Crippen molar-refractivity contribution in [3.63, 3.8) is 0 Å². The molecule has 0 unspecified atom stereocenters. The van der Waals surface area contributed by atoms with E-state index in [2.05, 4.69) is 23.5 Å². The van der Waals surface area contributed by atoms with Crippen LogP contribution in [0.15, 0.2) is 12.4 Å². The molecule has 1 aliphatic rings. The molecule has 0 atom stereocenters. The largest absolute Gasteiger partial charge is 0.316 e. The molecule has 0 saturated heterocycles. The van der Waals surface area contributed by atoms with E-state index in [9.17, 15) is 0 Å². The lowest BCUT2D eigenvalue weighted by Gasteiger charge is -2.26. The molecule has 0 bridgehead atoms. The fourth-order valence-corrected chi connectivity index (χ4v) is 2.67. The lowest BCUT2D eigenvalue weighted by atomic mass is 9.83. The number of rotatable bonds is 5. The zero-order valence-corrected chi connectivity index (χ0v) is 11.2. The van der Waals surface area contributed by atoms with Crippen LogP contribution in [0.25, 0.3) is 0 Å². The Morgan fingerprint density at radius 3 is 2.76 bits per heavy atom. The molecule has 2 rings (SSSR count). The van der Waals surface area contributed by atoms with Crippen LogP contribution in [0.4, 0.5) is 0 Å². The van der Waals surface area contributed by atoms with Crippen molar-refractivity contribution in [2.24, 2.45) is 18.9 Å². The minimum absolute atomic E-state index is 0.917. The maximum Gasteiger partial charge on any atom is 0.0522 e. The minimum atomic E-state index is 0.917. The Labute approximate surface area is 105 Å². The third kappa shape index (κ3) is 4.15. The van der Waals surface area contributed by atoms with Gasteiger partial charge in [-0.2, -0.15) is 5.10 Å². The van der Waals surface area contributed by atoms with Crippen molar-refractivity contribution in [1.82, 2.24) is 15.1 Å². The van der Waals surface area contributed by atoms with Gasteiger partial charge in [0.25, 0.3) is 0 Å². The summed E-state index contributed by atoms with van der Waals surface area (Å²) in [6.07, 6.45) is 10.8. The number of nitrogens with one attached hydrogen (secondary N) is 1. The van der Waals surface area contributed by atoms with Gasteiger partial charge in [-0.1, -0.05) is 19.8 Å². The SMILES string of the molecule is CC1CCC(CNCCc2cnn(C)c2)CC1. The Bertz CT molecular complexity index is 324. The topological polar surface area (TPSA) is 29.9 Å². The molecule has 1 fully saturated rings. The van der Waals surface area contributed by atoms with Gasteiger partial charge in [0, 0.05) is 13.2 Å². The molecule has 1 aromatic rings. The molecule has 0 aliphatic heterocycles. The lowest BCUT2D eigenvalue weighted by Crippen LogP contribution is -2.27. The zero-order chi connectivity index (χ0) is 12.1. The third-order valence-electron chi connectivity index (χ3n) is 3.92. The maximum atomic E-state index is 4.18. The highest BCUT2D eigenvalue weighted by atomic mass is 15.2. The third-order valence-corrected chi connectivity index (χ3v) is 3.92. The highest BCUT2D eigenvalue weighted by Crippen LogP contribution is 2.27. The van der Waals surface area contributed by atoms with Crippen molar-refractivity contribution in [2.75, 3.05) is 13.1 Å². The van der Waals surface area contributed by atoms with Crippen LogP contribution < -0.4 is 5.32 Å². The van der Waals surface area contributed by atoms with Crippen molar-refractivity contribution in [1.29, 1.82) is 0 Å². The Hall–Kier alpha value is -0.830. The molecular weight excluding hydrogens is 210 g/mol. The van der Waals surface area contributed by atoms with E-state index in [1.54, 1.807) is 0 Å². The molecule has 1 saturated carbocycles. The molecular formula is C14H25N3. The summed E-state index contributed by atoms with van der Waals surface area (Å²) < 4.78 is 1.87. The highest BCUT2D eigenvalue weighted by molar-refractivity contribution is 5.03. The van der Waals surface area contributed by atoms with Crippen LogP contribution in [0.1, 0.15) is 38.2 Å². The molecule has 0 spiro atoms. The van der Waals surface area contributed by atoms with Crippen LogP contribution in [0.5, 0.6) is 0 Å². The van der Waals surface area contributed by atoms with Gasteiger partial charge in [0.1, 0.15) is 0 Å². The van der Waals surface area contributed by atoms with Gasteiger partial charge in [-0.25, -0.2) is 0 Å². The second-order valence-corrected chi connectivity index (χ2v) is 5.60. The summed E-state index contributed by atoms with van der Waals surface area (Å²) in [5, 5.41) is 7.77. The van der Waals surface area contributed by atoms with E-state index in [-0.39, 0.29) is 0 Å². The van der Waals surface area contributed by atoms with Crippen molar-refractivity contribution in [2.45, 2.75) is 39.0 Å². The van der Waals surface area contributed by atoms with E-state index >= 15 is 0 Å². The molecule has 3 heteroatoms. The van der Waals surface area contributed by atoms with Gasteiger partial charge in [0.2, 0.25) is 0 Å². The van der Waals surface area contributed by atoms with Gasteiger partial charge < -0.3 is 5.32 Å². The van der Waals surface area contributed by atoms with Crippen LogP contribution in [0, 0.1) is 11.8 Å². The summed E-state index contributed by atoms with van der Waals surface area (Å²) in [4.78, 5) is 0. The summed E-state index contributed by atoms with van der Waals surface area (Å²) in [5.74, 6) is 1.88. The first-order valence-corrected chi connectivity index (χ1v) is 6.92. The van der Waals surface area contributed by atoms with Crippen LogP contribution in [0.2, 0.25) is 0 Å².